The summed E-state index contributed by atoms with van der Waals surface area (Å²) in [6.07, 6.45) is 0. The number of rotatable bonds is 7. The van der Waals surface area contributed by atoms with Crippen molar-refractivity contribution in [1.29, 1.82) is 5.26 Å². The summed E-state index contributed by atoms with van der Waals surface area (Å²) in [5, 5.41) is 13.3. The van der Waals surface area contributed by atoms with Gasteiger partial charge in [0.25, 0.3) is 0 Å². The Morgan fingerprint density at radius 1 is 1.00 bits per heavy atom. The lowest BCUT2D eigenvalue weighted by atomic mass is 10.1. The van der Waals surface area contributed by atoms with Gasteiger partial charge in [0.15, 0.2) is 4.91 Å². The lowest BCUT2D eigenvalue weighted by molar-refractivity contribution is 0.603. The van der Waals surface area contributed by atoms with Crippen LogP contribution in [0.1, 0.15) is 22.3 Å². The molecule has 3 rings (SSSR count). The minimum atomic E-state index is -4.06. The van der Waals surface area contributed by atoms with Crippen molar-refractivity contribution in [3.8, 4) is 6.07 Å². The van der Waals surface area contributed by atoms with E-state index >= 15 is 0 Å². The van der Waals surface area contributed by atoms with Gasteiger partial charge >= 0.3 is 0 Å². The van der Waals surface area contributed by atoms with Crippen molar-refractivity contribution in [2.75, 3.05) is 5.32 Å². The van der Waals surface area contributed by atoms with Crippen molar-refractivity contribution >= 4 is 27.3 Å². The second kappa shape index (κ2) is 10.0. The van der Waals surface area contributed by atoms with Crippen LogP contribution in [0, 0.1) is 37.9 Å². The van der Waals surface area contributed by atoms with Crippen LogP contribution in [0.15, 0.2) is 81.6 Å². The standard InChI is InChI=1S/C25H23FN2O2S2/c1-17-12-18(2)24(19(3)13-17)28-25(31-16-20-8-7-9-21(26)14-20)23(15-27)32(29,30)22-10-5-4-6-11-22/h4-14,28H,16H2,1-3H3/b25-23+. The van der Waals surface area contributed by atoms with Crippen LogP contribution in [0.3, 0.4) is 0 Å². The molecule has 3 aromatic carbocycles. The van der Waals surface area contributed by atoms with E-state index in [1.54, 1.807) is 30.3 Å². The zero-order valence-electron chi connectivity index (χ0n) is 18.0. The van der Waals surface area contributed by atoms with Crippen LogP contribution in [0.4, 0.5) is 10.1 Å². The first kappa shape index (κ1) is 23.6. The number of thioether (sulfide) groups is 1. The van der Waals surface area contributed by atoms with E-state index in [1.165, 1.54) is 24.3 Å². The fraction of sp³-hybridized carbons (Fsp3) is 0.160. The molecule has 3 aromatic rings. The Balaban J connectivity index is 2.11. The topological polar surface area (TPSA) is 70.0 Å². The number of nitrogens with one attached hydrogen (secondary N) is 1. The van der Waals surface area contributed by atoms with Gasteiger partial charge in [0.2, 0.25) is 9.84 Å². The molecule has 0 aliphatic rings. The number of hydrogen-bond donors (Lipinski definition) is 1. The molecule has 164 valence electrons. The number of allylic oxidation sites excluding steroid dienone is 1. The third-order valence-corrected chi connectivity index (χ3v) is 7.75. The van der Waals surface area contributed by atoms with Crippen LogP contribution in [0.5, 0.6) is 0 Å². The third kappa shape index (κ3) is 5.39. The van der Waals surface area contributed by atoms with Crippen LogP contribution >= 0.6 is 11.8 Å². The predicted octanol–water partition coefficient (Wildman–Crippen LogP) is 6.26. The zero-order valence-corrected chi connectivity index (χ0v) is 19.6. The average Bonchev–Trinajstić information content (AvgIpc) is 2.75. The van der Waals surface area contributed by atoms with Gasteiger partial charge in [-0.3, -0.25) is 0 Å². The largest absolute Gasteiger partial charge is 0.348 e. The predicted molar refractivity (Wildman–Crippen MR) is 128 cm³/mol. The van der Waals surface area contributed by atoms with Crippen molar-refractivity contribution < 1.29 is 12.8 Å². The van der Waals surface area contributed by atoms with Crippen LogP contribution in [-0.4, -0.2) is 8.42 Å². The zero-order chi connectivity index (χ0) is 23.3. The lowest BCUT2D eigenvalue weighted by Gasteiger charge is -2.18. The van der Waals surface area contributed by atoms with E-state index in [4.69, 9.17) is 0 Å². The van der Waals surface area contributed by atoms with Gasteiger partial charge in [0.05, 0.1) is 4.90 Å². The first-order chi connectivity index (χ1) is 15.2. The first-order valence-corrected chi connectivity index (χ1v) is 12.4. The van der Waals surface area contributed by atoms with Crippen LogP contribution in [0.2, 0.25) is 0 Å². The Hall–Kier alpha value is -3.08. The molecule has 0 saturated heterocycles. The molecule has 0 aromatic heterocycles. The highest BCUT2D eigenvalue weighted by Gasteiger charge is 2.26. The summed E-state index contributed by atoms with van der Waals surface area (Å²) in [6, 6.07) is 19.8. The van der Waals surface area contributed by atoms with Gasteiger partial charge in [-0.05, 0) is 61.7 Å². The van der Waals surface area contributed by atoms with E-state index in [9.17, 15) is 18.1 Å². The van der Waals surface area contributed by atoms with Crippen molar-refractivity contribution in [2.24, 2.45) is 0 Å². The number of anilines is 1. The second-order valence-electron chi connectivity index (χ2n) is 7.40. The maximum absolute atomic E-state index is 13.6. The molecule has 0 bridgehead atoms. The van der Waals surface area contributed by atoms with Gasteiger partial charge in [0.1, 0.15) is 16.9 Å². The second-order valence-corrected chi connectivity index (χ2v) is 10.3. The molecular weight excluding hydrogens is 443 g/mol. The summed E-state index contributed by atoms with van der Waals surface area (Å²) in [5.41, 5.74) is 4.37. The molecule has 0 atom stereocenters. The summed E-state index contributed by atoms with van der Waals surface area (Å²) in [6.45, 7) is 5.84. The van der Waals surface area contributed by atoms with Crippen LogP contribution in [0.25, 0.3) is 0 Å². The summed E-state index contributed by atoms with van der Waals surface area (Å²) < 4.78 is 40.2. The lowest BCUT2D eigenvalue weighted by Crippen LogP contribution is -2.11. The number of benzene rings is 3. The molecule has 7 heteroatoms. The number of nitriles is 1. The SMILES string of the molecule is Cc1cc(C)c(N/C(SCc2cccc(F)c2)=C(/C#N)S(=O)(=O)c2ccccc2)c(C)c1. The van der Waals surface area contributed by atoms with E-state index in [0.29, 0.717) is 11.3 Å². The highest BCUT2D eigenvalue weighted by Crippen LogP contribution is 2.33. The molecule has 0 unspecified atom stereocenters. The summed E-state index contributed by atoms with van der Waals surface area (Å²) in [7, 11) is -4.06. The van der Waals surface area contributed by atoms with Gasteiger partial charge in [-0.2, -0.15) is 5.26 Å². The summed E-state index contributed by atoms with van der Waals surface area (Å²) >= 11 is 1.15. The molecule has 4 nitrogen and oxygen atoms in total. The fourth-order valence-corrected chi connectivity index (χ4v) is 5.90. The van der Waals surface area contributed by atoms with E-state index in [2.05, 4.69) is 5.32 Å². The fourth-order valence-electron chi connectivity index (χ4n) is 3.38. The highest BCUT2D eigenvalue weighted by atomic mass is 32.2. The first-order valence-electron chi connectivity index (χ1n) is 9.89. The normalized spacial score (nSPS) is 12.1. The van der Waals surface area contributed by atoms with E-state index in [-0.39, 0.29) is 20.6 Å². The minimum Gasteiger partial charge on any atom is -0.348 e. The Morgan fingerprint density at radius 3 is 2.25 bits per heavy atom. The number of aryl methyl sites for hydroxylation is 3. The van der Waals surface area contributed by atoms with Crippen LogP contribution < -0.4 is 5.32 Å². The number of hydrogen-bond acceptors (Lipinski definition) is 5. The minimum absolute atomic E-state index is 0.0413. The third-order valence-electron chi connectivity index (χ3n) is 4.82. The number of sulfone groups is 1. The molecule has 1 N–H and O–H groups in total. The van der Waals surface area contributed by atoms with Crippen molar-refractivity contribution in [2.45, 2.75) is 31.4 Å². The Labute approximate surface area is 192 Å². The molecule has 0 amide bonds. The molecule has 0 aliphatic carbocycles. The van der Waals surface area contributed by atoms with Crippen molar-refractivity contribution in [3.05, 3.63) is 105 Å². The number of nitrogens with zero attached hydrogens (tertiary/aromatic N) is 1. The van der Waals surface area contributed by atoms with Crippen molar-refractivity contribution in [3.63, 3.8) is 0 Å². The van der Waals surface area contributed by atoms with E-state index in [0.717, 1.165) is 34.1 Å². The maximum atomic E-state index is 13.6. The van der Waals surface area contributed by atoms with Gasteiger partial charge in [0, 0.05) is 11.4 Å². The van der Waals surface area contributed by atoms with E-state index in [1.807, 2.05) is 39.0 Å². The molecule has 32 heavy (non-hydrogen) atoms. The highest BCUT2D eigenvalue weighted by molar-refractivity contribution is 8.04. The van der Waals surface area contributed by atoms with Gasteiger partial charge < -0.3 is 5.32 Å². The average molecular weight is 467 g/mol. The smallest absolute Gasteiger partial charge is 0.219 e. The monoisotopic (exact) mass is 466 g/mol. The molecular formula is C25H23FN2O2S2. The Bertz CT molecular complexity index is 1290. The van der Waals surface area contributed by atoms with Gasteiger partial charge in [-0.25, -0.2) is 12.8 Å². The molecule has 0 saturated carbocycles. The summed E-state index contributed by atoms with van der Waals surface area (Å²) in [4.78, 5) is -0.330. The quantitative estimate of drug-likeness (QED) is 0.416. The number of halogens is 1. The summed E-state index contributed by atoms with van der Waals surface area (Å²) in [5.74, 6) is -0.0799. The molecule has 0 heterocycles. The Kier molecular flexibility index (Phi) is 7.39. The Morgan fingerprint density at radius 2 is 1.66 bits per heavy atom. The van der Waals surface area contributed by atoms with Gasteiger partial charge in [-0.1, -0.05) is 48.0 Å². The molecule has 0 aliphatic heterocycles. The molecule has 0 radical (unpaired) electrons. The van der Waals surface area contributed by atoms with Crippen molar-refractivity contribution in [1.82, 2.24) is 0 Å². The molecule has 0 spiro atoms. The van der Waals surface area contributed by atoms with E-state index < -0.39 is 9.84 Å². The van der Waals surface area contributed by atoms with Crippen LogP contribution in [-0.2, 0) is 15.6 Å². The maximum Gasteiger partial charge on any atom is 0.219 e. The molecule has 0 fully saturated rings. The van der Waals surface area contributed by atoms with Gasteiger partial charge in [-0.15, -0.1) is 11.8 Å².